The number of rotatable bonds is 10. The van der Waals surface area contributed by atoms with Crippen molar-refractivity contribution in [3.8, 4) is 11.1 Å². The molecule has 2 heterocycles. The molecule has 3 saturated carbocycles. The Hall–Kier alpha value is -5.08. The van der Waals surface area contributed by atoms with Crippen molar-refractivity contribution in [1.82, 2.24) is 20.4 Å². The summed E-state index contributed by atoms with van der Waals surface area (Å²) in [6.45, 7) is 14.5. The van der Waals surface area contributed by atoms with Gasteiger partial charge in [-0.1, -0.05) is 97.8 Å². The average molecular weight is 933 g/mol. The second kappa shape index (κ2) is 18.4. The van der Waals surface area contributed by atoms with Gasteiger partial charge in [-0.3, -0.25) is 0 Å². The lowest BCUT2D eigenvalue weighted by Crippen LogP contribution is -2.62. The number of likely N-dealkylation sites (tertiary alicyclic amines) is 2. The summed E-state index contributed by atoms with van der Waals surface area (Å²) in [5, 5.41) is 6.24. The Morgan fingerprint density at radius 1 is 0.657 bits per heavy atom. The van der Waals surface area contributed by atoms with Gasteiger partial charge in [0.1, 0.15) is 12.2 Å². The quantitative estimate of drug-likeness (QED) is 0.155. The number of aryl methyl sites for hydroxylation is 2. The molecular formula is C53H62F6N4O4. The van der Waals surface area contributed by atoms with E-state index in [0.717, 1.165) is 55.4 Å². The van der Waals surface area contributed by atoms with Gasteiger partial charge in [-0.15, -0.1) is 0 Å². The number of fused-ring (bicyclic) bond motifs is 4. The molecule has 0 spiro atoms. The second-order valence-corrected chi connectivity index (χ2v) is 20.9. The van der Waals surface area contributed by atoms with Crippen molar-refractivity contribution in [3.05, 3.63) is 129 Å². The number of nitrogens with one attached hydrogen (secondary N) is 2. The lowest BCUT2D eigenvalue weighted by atomic mass is 9.72. The van der Waals surface area contributed by atoms with Crippen LogP contribution in [0.15, 0.2) is 84.9 Å². The van der Waals surface area contributed by atoms with Crippen LogP contribution in [0.4, 0.5) is 35.9 Å². The molecule has 2 bridgehead atoms. The number of benzene rings is 4. The fourth-order valence-corrected chi connectivity index (χ4v) is 10.6. The summed E-state index contributed by atoms with van der Waals surface area (Å²) >= 11 is 0. The number of hydrogen-bond acceptors (Lipinski definition) is 4. The predicted octanol–water partition coefficient (Wildman–Crippen LogP) is 12.4. The topological polar surface area (TPSA) is 83.1 Å². The van der Waals surface area contributed by atoms with Crippen molar-refractivity contribution in [2.45, 2.75) is 128 Å². The molecule has 5 fully saturated rings. The minimum Gasteiger partial charge on any atom is -0.362 e. The standard InChI is InChI=1S/C53H62F6N4O4/c1-31-8-12-35(13-9-31)46(66-40-27-62(28-40)48(64)60-50(5,6)7)42-18-16-38(23-44(42)52(54,55)56)39-17-19-43(45(24-39)53(57,58)59)47(36-14-10-32(2)11-15-36)67-41-29-63(30-41)49(65)61-51-21-20-37(34(4)26-51)22-33(3)25-51/h8-19,23-24,33-34,37,40-41,46-47H,20-22,25-30H2,1-7H3,(H,60,64)(H,61,65). The van der Waals surface area contributed by atoms with E-state index < -0.39 is 53.4 Å². The summed E-state index contributed by atoms with van der Waals surface area (Å²) in [4.78, 5) is 29.6. The molecule has 67 heavy (non-hydrogen) atoms. The number of urea groups is 2. The van der Waals surface area contributed by atoms with Gasteiger partial charge in [0.15, 0.2) is 0 Å². The van der Waals surface area contributed by atoms with E-state index in [2.05, 4.69) is 24.5 Å². The number of hydrogen-bond donors (Lipinski definition) is 2. The van der Waals surface area contributed by atoms with E-state index in [0.29, 0.717) is 28.9 Å². The van der Waals surface area contributed by atoms with Crippen LogP contribution in [0.1, 0.15) is 123 Å². The van der Waals surface area contributed by atoms with Crippen molar-refractivity contribution in [2.75, 3.05) is 26.2 Å². The SMILES string of the molecule is Cc1ccc(C(OC2CN(C(=O)NC(C)(C)C)C2)c2ccc(-c3ccc(C(OC4CN(C(=O)NC56CCC(CC(C)C5)C(C)C6)C4)c4ccc(C)cc4)c(C(F)(F)F)c3)cc2C(F)(F)F)cc1. The van der Waals surface area contributed by atoms with Gasteiger partial charge in [-0.2, -0.15) is 26.3 Å². The summed E-state index contributed by atoms with van der Waals surface area (Å²) in [5.41, 5.74) is -0.662. The van der Waals surface area contributed by atoms with E-state index in [1.807, 2.05) is 34.6 Å². The molecule has 5 aliphatic rings. The summed E-state index contributed by atoms with van der Waals surface area (Å²) in [5.74, 6) is 1.68. The maximum Gasteiger partial charge on any atom is 0.416 e. The van der Waals surface area contributed by atoms with Crippen LogP contribution in [0.3, 0.4) is 0 Å². The van der Waals surface area contributed by atoms with Gasteiger partial charge in [0.05, 0.1) is 49.5 Å². The van der Waals surface area contributed by atoms with E-state index in [-0.39, 0.29) is 66.0 Å². The zero-order chi connectivity index (χ0) is 48.2. The number of carbonyl (C=O) groups is 2. The Kier molecular flexibility index (Phi) is 13.3. The first-order valence-electron chi connectivity index (χ1n) is 23.4. The molecule has 0 radical (unpaired) electrons. The largest absolute Gasteiger partial charge is 0.416 e. The summed E-state index contributed by atoms with van der Waals surface area (Å²) in [6, 6.07) is 20.5. The summed E-state index contributed by atoms with van der Waals surface area (Å²) in [6.07, 6.45) is -8.33. The van der Waals surface area contributed by atoms with Crippen molar-refractivity contribution >= 4 is 12.1 Å². The molecular weight excluding hydrogens is 871 g/mol. The molecule has 4 aromatic rings. The molecule has 3 aliphatic carbocycles. The number of halogens is 6. The predicted molar refractivity (Wildman–Crippen MR) is 245 cm³/mol. The Morgan fingerprint density at radius 2 is 1.10 bits per heavy atom. The van der Waals surface area contributed by atoms with Crippen LogP contribution in [-0.2, 0) is 21.8 Å². The number of amides is 4. The van der Waals surface area contributed by atoms with Crippen molar-refractivity contribution < 1.29 is 45.4 Å². The molecule has 8 nitrogen and oxygen atoms in total. The molecule has 4 aromatic carbocycles. The fraction of sp³-hybridized carbons (Fsp3) is 0.509. The Bertz CT molecular complexity index is 2420. The maximum absolute atomic E-state index is 15.3. The molecule has 9 rings (SSSR count). The van der Waals surface area contributed by atoms with E-state index >= 15 is 26.3 Å². The van der Waals surface area contributed by atoms with Crippen LogP contribution in [0.25, 0.3) is 11.1 Å². The Balaban J connectivity index is 1.06. The smallest absolute Gasteiger partial charge is 0.362 e. The highest BCUT2D eigenvalue weighted by Crippen LogP contribution is 2.48. The van der Waals surface area contributed by atoms with Crippen molar-refractivity contribution in [3.63, 3.8) is 0 Å². The highest BCUT2D eigenvalue weighted by Gasteiger charge is 2.47. The van der Waals surface area contributed by atoms with Crippen LogP contribution in [0.5, 0.6) is 0 Å². The first-order valence-corrected chi connectivity index (χ1v) is 23.4. The molecule has 6 unspecified atom stereocenters. The average Bonchev–Trinajstić information content (AvgIpc) is 3.44. The molecule has 2 aliphatic heterocycles. The van der Waals surface area contributed by atoms with Crippen LogP contribution >= 0.6 is 0 Å². The normalized spacial score (nSPS) is 23.5. The van der Waals surface area contributed by atoms with Crippen molar-refractivity contribution in [2.24, 2.45) is 17.8 Å². The molecule has 2 saturated heterocycles. The lowest BCUT2D eigenvalue weighted by Gasteiger charge is -2.46. The van der Waals surface area contributed by atoms with E-state index in [4.69, 9.17) is 9.47 Å². The number of alkyl halides is 6. The molecule has 2 N–H and O–H groups in total. The summed E-state index contributed by atoms with van der Waals surface area (Å²) < 4.78 is 104. The van der Waals surface area contributed by atoms with Gasteiger partial charge < -0.3 is 29.9 Å². The molecule has 14 heteroatoms. The molecule has 4 amide bonds. The molecule has 0 aromatic heterocycles. The number of nitrogens with zero attached hydrogens (tertiary/aromatic N) is 2. The third kappa shape index (κ3) is 11.0. The van der Waals surface area contributed by atoms with Crippen LogP contribution in [-0.4, -0.2) is 71.3 Å². The van der Waals surface area contributed by atoms with Crippen LogP contribution < -0.4 is 10.6 Å². The van der Waals surface area contributed by atoms with E-state index in [1.165, 1.54) is 29.2 Å². The lowest BCUT2D eigenvalue weighted by molar-refractivity contribution is -0.141. The minimum absolute atomic E-state index is 0.0647. The highest BCUT2D eigenvalue weighted by atomic mass is 19.4. The number of carbonyl (C=O) groups excluding carboxylic acids is 2. The third-order valence-electron chi connectivity index (χ3n) is 14.1. The van der Waals surface area contributed by atoms with Crippen LogP contribution in [0, 0.1) is 31.6 Å². The number of ether oxygens (including phenoxy) is 2. The van der Waals surface area contributed by atoms with Gasteiger partial charge >= 0.3 is 24.4 Å². The minimum atomic E-state index is -4.91. The molecule has 6 atom stereocenters. The third-order valence-corrected chi connectivity index (χ3v) is 14.1. The first-order chi connectivity index (χ1) is 31.4. The monoisotopic (exact) mass is 932 g/mol. The highest BCUT2D eigenvalue weighted by molar-refractivity contribution is 5.76. The Labute approximate surface area is 389 Å². The van der Waals surface area contributed by atoms with Gasteiger partial charge in [0.25, 0.3) is 0 Å². The van der Waals surface area contributed by atoms with E-state index in [9.17, 15) is 9.59 Å². The van der Waals surface area contributed by atoms with Crippen LogP contribution in [0.2, 0.25) is 0 Å². The van der Waals surface area contributed by atoms with Crippen molar-refractivity contribution in [1.29, 1.82) is 0 Å². The second-order valence-electron chi connectivity index (χ2n) is 20.9. The van der Waals surface area contributed by atoms with Gasteiger partial charge in [-0.05, 0) is 130 Å². The molecule has 360 valence electrons. The first kappa shape index (κ1) is 48.4. The maximum atomic E-state index is 15.3. The van der Waals surface area contributed by atoms with Gasteiger partial charge in [0, 0.05) is 11.1 Å². The van der Waals surface area contributed by atoms with E-state index in [1.54, 1.807) is 53.4 Å². The zero-order valence-corrected chi connectivity index (χ0v) is 39.3. The Morgan fingerprint density at radius 3 is 1.52 bits per heavy atom. The van der Waals surface area contributed by atoms with Gasteiger partial charge in [-0.25, -0.2) is 9.59 Å². The summed E-state index contributed by atoms with van der Waals surface area (Å²) in [7, 11) is 0. The fourth-order valence-electron chi connectivity index (χ4n) is 10.6. The van der Waals surface area contributed by atoms with Gasteiger partial charge in [0.2, 0.25) is 0 Å². The zero-order valence-electron chi connectivity index (χ0n) is 39.3.